The molecule has 7 heteroatoms. The smallest absolute Gasteiger partial charge is 0.181 e. The molecule has 0 radical (unpaired) electrons. The third kappa shape index (κ3) is 2.78. The van der Waals surface area contributed by atoms with Gasteiger partial charge >= 0.3 is 0 Å². The summed E-state index contributed by atoms with van der Waals surface area (Å²) < 4.78 is 0. The van der Waals surface area contributed by atoms with E-state index >= 15 is 0 Å². The van der Waals surface area contributed by atoms with Crippen molar-refractivity contribution < 1.29 is 0 Å². The van der Waals surface area contributed by atoms with Gasteiger partial charge in [-0.25, -0.2) is 19.9 Å². The Morgan fingerprint density at radius 2 is 2.15 bits per heavy atom. The molecule has 0 spiro atoms. The molecule has 0 aromatic carbocycles. The molecule has 0 bridgehead atoms. The predicted molar refractivity (Wildman–Crippen MR) is 77.4 cm³/mol. The standard InChI is InChI=1S/C13H14N6S/c1-8(14)4-9-2-3-10(15-5-9)20-13-11-12(17-6-16-11)18-7-19-13/h2-3,5-8H,4,14H2,1H3,(H,16,17,18,19). The van der Waals surface area contributed by atoms with E-state index < -0.39 is 0 Å². The molecule has 102 valence electrons. The molecule has 0 saturated carbocycles. The molecule has 0 aliphatic rings. The van der Waals surface area contributed by atoms with Crippen LogP contribution >= 0.6 is 11.8 Å². The van der Waals surface area contributed by atoms with Crippen LogP contribution in [0.5, 0.6) is 0 Å². The Hall–Kier alpha value is -1.99. The minimum atomic E-state index is 0.141. The maximum Gasteiger partial charge on any atom is 0.181 e. The highest BCUT2D eigenvalue weighted by Crippen LogP contribution is 2.28. The number of H-pyrrole nitrogens is 1. The normalized spacial score (nSPS) is 12.7. The van der Waals surface area contributed by atoms with Crippen molar-refractivity contribution in [3.8, 4) is 0 Å². The van der Waals surface area contributed by atoms with Crippen LogP contribution in [-0.2, 0) is 6.42 Å². The fourth-order valence-corrected chi connectivity index (χ4v) is 2.67. The molecule has 6 nitrogen and oxygen atoms in total. The maximum absolute atomic E-state index is 5.78. The van der Waals surface area contributed by atoms with Crippen molar-refractivity contribution in [1.82, 2.24) is 24.9 Å². The van der Waals surface area contributed by atoms with E-state index in [-0.39, 0.29) is 6.04 Å². The molecule has 0 aliphatic carbocycles. The van der Waals surface area contributed by atoms with Gasteiger partial charge in [-0.15, -0.1) is 0 Å². The van der Waals surface area contributed by atoms with Crippen LogP contribution in [0.15, 0.2) is 41.0 Å². The number of rotatable bonds is 4. The average molecular weight is 286 g/mol. The van der Waals surface area contributed by atoms with Gasteiger partial charge in [-0.2, -0.15) is 0 Å². The topological polar surface area (TPSA) is 93.4 Å². The lowest BCUT2D eigenvalue weighted by Gasteiger charge is -2.05. The van der Waals surface area contributed by atoms with Crippen molar-refractivity contribution >= 4 is 22.9 Å². The van der Waals surface area contributed by atoms with Crippen LogP contribution < -0.4 is 5.73 Å². The maximum atomic E-state index is 5.78. The highest BCUT2D eigenvalue weighted by molar-refractivity contribution is 7.99. The van der Waals surface area contributed by atoms with Gasteiger partial charge in [-0.3, -0.25) is 0 Å². The van der Waals surface area contributed by atoms with Gasteiger partial charge in [0.05, 0.1) is 6.33 Å². The Morgan fingerprint density at radius 3 is 2.90 bits per heavy atom. The average Bonchev–Trinajstić information content (AvgIpc) is 2.90. The summed E-state index contributed by atoms with van der Waals surface area (Å²) >= 11 is 1.48. The van der Waals surface area contributed by atoms with Crippen LogP contribution in [-0.4, -0.2) is 31.0 Å². The van der Waals surface area contributed by atoms with Crippen molar-refractivity contribution in [1.29, 1.82) is 0 Å². The molecule has 0 saturated heterocycles. The Balaban J connectivity index is 1.82. The van der Waals surface area contributed by atoms with Crippen molar-refractivity contribution in [3.05, 3.63) is 36.5 Å². The fraction of sp³-hybridized carbons (Fsp3) is 0.231. The van der Waals surface area contributed by atoms with Crippen LogP contribution in [0, 0.1) is 0 Å². The van der Waals surface area contributed by atoms with E-state index in [0.29, 0.717) is 5.65 Å². The number of pyridine rings is 1. The summed E-state index contributed by atoms with van der Waals surface area (Å²) in [5.74, 6) is 0. The molecule has 1 unspecified atom stereocenters. The molecule has 0 amide bonds. The summed E-state index contributed by atoms with van der Waals surface area (Å²) in [7, 11) is 0. The highest BCUT2D eigenvalue weighted by atomic mass is 32.2. The Labute approximate surface area is 120 Å². The largest absolute Gasteiger partial charge is 0.341 e. The number of nitrogens with zero attached hydrogens (tertiary/aromatic N) is 4. The number of hydrogen-bond acceptors (Lipinski definition) is 6. The third-order valence-corrected chi connectivity index (χ3v) is 3.70. The number of aromatic nitrogens is 5. The number of hydrogen-bond donors (Lipinski definition) is 2. The molecule has 0 aliphatic heterocycles. The second-order valence-corrected chi connectivity index (χ2v) is 5.58. The number of nitrogens with one attached hydrogen (secondary N) is 1. The van der Waals surface area contributed by atoms with E-state index in [0.717, 1.165) is 27.6 Å². The van der Waals surface area contributed by atoms with Crippen LogP contribution in [0.1, 0.15) is 12.5 Å². The van der Waals surface area contributed by atoms with Gasteiger partial charge in [-0.1, -0.05) is 6.07 Å². The molecule has 1 atom stereocenters. The predicted octanol–water partition coefficient (Wildman–Crippen LogP) is 1.79. The summed E-state index contributed by atoms with van der Waals surface area (Å²) in [6.45, 7) is 1.98. The van der Waals surface area contributed by atoms with E-state index in [1.807, 2.05) is 25.3 Å². The van der Waals surface area contributed by atoms with Crippen molar-refractivity contribution in [2.24, 2.45) is 5.73 Å². The number of aromatic amines is 1. The summed E-state index contributed by atoms with van der Waals surface area (Å²) in [5.41, 5.74) is 8.41. The monoisotopic (exact) mass is 286 g/mol. The first-order valence-corrected chi connectivity index (χ1v) is 7.06. The Morgan fingerprint density at radius 1 is 1.25 bits per heavy atom. The second kappa shape index (κ2) is 5.56. The van der Waals surface area contributed by atoms with Crippen LogP contribution in [0.25, 0.3) is 11.2 Å². The summed E-state index contributed by atoms with van der Waals surface area (Å²) in [4.78, 5) is 19.9. The SMILES string of the molecule is CC(N)Cc1ccc(Sc2ncnc3nc[nH]c23)nc1. The van der Waals surface area contributed by atoms with Crippen LogP contribution in [0.3, 0.4) is 0 Å². The van der Waals surface area contributed by atoms with Gasteiger partial charge in [0.1, 0.15) is 21.9 Å². The third-order valence-electron chi connectivity index (χ3n) is 2.74. The first kappa shape index (κ1) is 13.0. The molecule has 0 fully saturated rings. The van der Waals surface area contributed by atoms with E-state index in [1.54, 1.807) is 6.33 Å². The van der Waals surface area contributed by atoms with Gasteiger partial charge in [0, 0.05) is 12.2 Å². The first-order valence-electron chi connectivity index (χ1n) is 6.25. The zero-order chi connectivity index (χ0) is 13.9. The molecular weight excluding hydrogens is 272 g/mol. The minimum absolute atomic E-state index is 0.141. The summed E-state index contributed by atoms with van der Waals surface area (Å²) in [6.07, 6.45) is 5.81. The molecule has 3 N–H and O–H groups in total. The summed E-state index contributed by atoms with van der Waals surface area (Å²) in [6, 6.07) is 4.17. The van der Waals surface area contributed by atoms with Gasteiger partial charge in [0.25, 0.3) is 0 Å². The first-order chi connectivity index (χ1) is 9.72. The minimum Gasteiger partial charge on any atom is -0.341 e. The Bertz CT molecular complexity index is 706. The van der Waals surface area contributed by atoms with E-state index in [1.165, 1.54) is 18.1 Å². The molecule has 20 heavy (non-hydrogen) atoms. The molecule has 3 rings (SSSR count). The molecule has 3 heterocycles. The lowest BCUT2D eigenvalue weighted by atomic mass is 10.1. The quantitative estimate of drug-likeness (QED) is 0.710. The molecular formula is C13H14N6S. The second-order valence-electron chi connectivity index (χ2n) is 4.57. The van der Waals surface area contributed by atoms with Gasteiger partial charge in [0.15, 0.2) is 5.65 Å². The highest BCUT2D eigenvalue weighted by Gasteiger charge is 2.08. The van der Waals surface area contributed by atoms with E-state index in [9.17, 15) is 0 Å². The Kier molecular flexibility index (Phi) is 3.62. The van der Waals surface area contributed by atoms with E-state index in [2.05, 4.69) is 24.9 Å². The van der Waals surface area contributed by atoms with Crippen LogP contribution in [0.2, 0.25) is 0 Å². The van der Waals surface area contributed by atoms with E-state index in [4.69, 9.17) is 5.73 Å². The zero-order valence-electron chi connectivity index (χ0n) is 10.9. The fourth-order valence-electron chi connectivity index (χ4n) is 1.88. The number of nitrogens with two attached hydrogens (primary N) is 1. The lowest BCUT2D eigenvalue weighted by Crippen LogP contribution is -2.17. The van der Waals surface area contributed by atoms with Gasteiger partial charge in [-0.05, 0) is 36.7 Å². The zero-order valence-corrected chi connectivity index (χ0v) is 11.8. The number of imidazole rings is 1. The van der Waals surface area contributed by atoms with Crippen molar-refractivity contribution in [2.45, 2.75) is 29.4 Å². The lowest BCUT2D eigenvalue weighted by molar-refractivity contribution is 0.734. The van der Waals surface area contributed by atoms with Crippen LogP contribution in [0.4, 0.5) is 0 Å². The van der Waals surface area contributed by atoms with Crippen molar-refractivity contribution in [2.75, 3.05) is 0 Å². The summed E-state index contributed by atoms with van der Waals surface area (Å²) in [5, 5.41) is 1.70. The molecule has 3 aromatic heterocycles. The van der Waals surface area contributed by atoms with Gasteiger partial charge < -0.3 is 10.7 Å². The molecule has 3 aromatic rings. The van der Waals surface area contributed by atoms with Gasteiger partial charge in [0.2, 0.25) is 0 Å². The number of fused-ring (bicyclic) bond motifs is 1. The van der Waals surface area contributed by atoms with Crippen molar-refractivity contribution in [3.63, 3.8) is 0 Å².